The van der Waals surface area contributed by atoms with Crippen molar-refractivity contribution in [2.45, 2.75) is 139 Å². The van der Waals surface area contributed by atoms with Crippen LogP contribution in [0.5, 0.6) is 0 Å². The molecule has 0 spiro atoms. The Hall–Kier alpha value is -4.31. The molecule has 5 rings (SSSR count). The summed E-state index contributed by atoms with van der Waals surface area (Å²) in [6.45, 7) is 10.5. The van der Waals surface area contributed by atoms with E-state index in [1.807, 2.05) is 50.3 Å². The highest BCUT2D eigenvalue weighted by atomic mass is 32.2. The third kappa shape index (κ3) is 13.4. The molecule has 62 heavy (non-hydrogen) atoms. The van der Waals surface area contributed by atoms with Gasteiger partial charge in [0.15, 0.2) is 5.71 Å². The van der Waals surface area contributed by atoms with Gasteiger partial charge < -0.3 is 20.3 Å². The molecule has 2 heterocycles. The van der Waals surface area contributed by atoms with Crippen LogP contribution in [-0.4, -0.2) is 86.3 Å². The van der Waals surface area contributed by atoms with Gasteiger partial charge in [-0.15, -0.1) is 0 Å². The second-order valence-corrected chi connectivity index (χ2v) is 20.7. The summed E-state index contributed by atoms with van der Waals surface area (Å²) in [6, 6.07) is 12.7. The lowest BCUT2D eigenvalue weighted by Gasteiger charge is -2.27. The average molecular weight is 896 g/mol. The molecule has 13 nitrogen and oxygen atoms in total. The minimum absolute atomic E-state index is 0.0142. The zero-order chi connectivity index (χ0) is 45.0. The van der Waals surface area contributed by atoms with Crippen molar-refractivity contribution < 1.29 is 44.8 Å². The van der Waals surface area contributed by atoms with E-state index in [-0.39, 0.29) is 35.2 Å². The Bertz CT molecular complexity index is 2240. The number of anilines is 1. The van der Waals surface area contributed by atoms with E-state index >= 15 is 0 Å². The van der Waals surface area contributed by atoms with Crippen molar-refractivity contribution in [1.29, 1.82) is 0 Å². The fourth-order valence-corrected chi connectivity index (χ4v) is 9.85. The fourth-order valence-electron chi connectivity index (χ4n) is 8.85. The first-order valence-electron chi connectivity index (χ1n) is 22.2. The first-order chi connectivity index (χ1) is 29.4. The zero-order valence-electron chi connectivity index (χ0n) is 36.9. The molecule has 3 aliphatic rings. The van der Waals surface area contributed by atoms with Gasteiger partial charge in [-0.25, -0.2) is 4.79 Å². The van der Waals surface area contributed by atoms with Crippen LogP contribution in [0.2, 0.25) is 0 Å². The SMILES string of the molecule is CC1(C)C(=CC=CC2=[N+](CCCS(=O)(=O)O)c3ccccc3C2(C)C)N(CCCCCC(=O)NCCCCCCNC(=O)OC2CC/C=C/CCC2)c2ccc(S(=O)(=O)O)cc21. The summed E-state index contributed by atoms with van der Waals surface area (Å²) in [5.74, 6) is -0.318. The van der Waals surface area contributed by atoms with Crippen molar-refractivity contribution in [3.05, 3.63) is 89.7 Å². The Morgan fingerprint density at radius 3 is 2.29 bits per heavy atom. The normalized spacial score (nSPS) is 19.5. The maximum Gasteiger partial charge on any atom is 0.407 e. The Balaban J connectivity index is 1.13. The number of ether oxygens (including phenoxy) is 1. The van der Waals surface area contributed by atoms with Gasteiger partial charge >= 0.3 is 6.09 Å². The molecule has 0 bridgehead atoms. The third-order valence-electron chi connectivity index (χ3n) is 12.2. The van der Waals surface area contributed by atoms with E-state index in [1.54, 1.807) is 12.1 Å². The largest absolute Gasteiger partial charge is 0.446 e. The molecule has 0 aromatic heterocycles. The van der Waals surface area contributed by atoms with Crippen LogP contribution in [0.1, 0.15) is 129 Å². The molecular weight excluding hydrogens is 829 g/mol. The minimum Gasteiger partial charge on any atom is -0.446 e. The molecule has 0 fully saturated rings. The fraction of sp³-hybridized carbons (Fsp3) is 0.553. The first-order valence-corrected chi connectivity index (χ1v) is 25.3. The zero-order valence-corrected chi connectivity index (χ0v) is 38.5. The van der Waals surface area contributed by atoms with E-state index < -0.39 is 31.1 Å². The number of alkyl carbamates (subject to hydrolysis) is 1. The summed E-state index contributed by atoms with van der Waals surface area (Å²) in [4.78, 5) is 26.8. The predicted octanol–water partition coefficient (Wildman–Crippen LogP) is 8.68. The molecule has 0 saturated carbocycles. The maximum absolute atomic E-state index is 12.6. The van der Waals surface area contributed by atoms with Gasteiger partial charge in [-0.05, 0) is 101 Å². The standard InChI is InChI=1S/C47H66N4O9S2/c1-46(2)38-23-14-15-24-40(38)51(33-20-34-61(54,55)56)42(46)25-19-26-43-47(3,4)39-35-37(62(57,58)59)28-29-41(39)50(43)32-18-10-13-27-44(52)48-30-16-8-9-17-31-49-45(53)60-36-21-11-6-5-7-12-22-36/h5-6,14-15,19,23-26,28-29,35-36H,7-13,16-18,20-22,27,30-34H2,1-4H3,(H3-,48,49,52,53,54,55,56,57,58,59)/p+1/b6-5+. The monoisotopic (exact) mass is 895 g/mol. The van der Waals surface area contributed by atoms with Gasteiger partial charge in [-0.2, -0.15) is 21.4 Å². The highest BCUT2D eigenvalue weighted by Crippen LogP contribution is 2.49. The van der Waals surface area contributed by atoms with Crippen LogP contribution < -0.4 is 15.5 Å². The van der Waals surface area contributed by atoms with Crippen LogP contribution in [0.3, 0.4) is 0 Å². The smallest absolute Gasteiger partial charge is 0.407 e. The second kappa shape index (κ2) is 21.9. The van der Waals surface area contributed by atoms with Crippen molar-refractivity contribution >= 4 is 49.3 Å². The molecule has 2 amide bonds. The predicted molar refractivity (Wildman–Crippen MR) is 245 cm³/mol. The van der Waals surface area contributed by atoms with Crippen molar-refractivity contribution in [2.75, 3.05) is 36.8 Å². The Labute approximate surface area is 369 Å². The number of carbonyl (C=O) groups excluding carboxylic acids is 2. The van der Waals surface area contributed by atoms with Gasteiger partial charge in [-0.3, -0.25) is 13.9 Å². The summed E-state index contributed by atoms with van der Waals surface area (Å²) < 4.78 is 74.4. The van der Waals surface area contributed by atoms with Crippen LogP contribution in [0.4, 0.5) is 16.2 Å². The van der Waals surface area contributed by atoms with Crippen LogP contribution in [0, 0.1) is 0 Å². The van der Waals surface area contributed by atoms with Crippen molar-refractivity contribution in [1.82, 2.24) is 10.6 Å². The van der Waals surface area contributed by atoms with E-state index in [1.165, 1.54) is 6.07 Å². The Morgan fingerprint density at radius 1 is 0.839 bits per heavy atom. The van der Waals surface area contributed by atoms with Crippen LogP contribution in [0.25, 0.3) is 0 Å². The number of nitrogens with one attached hydrogen (secondary N) is 2. The number of rotatable bonds is 21. The highest BCUT2D eigenvalue weighted by Gasteiger charge is 2.44. The molecule has 0 radical (unpaired) electrons. The number of unbranched alkanes of at least 4 members (excludes halogenated alkanes) is 5. The number of hydrogen-bond donors (Lipinski definition) is 4. The lowest BCUT2D eigenvalue weighted by molar-refractivity contribution is -0.437. The van der Waals surface area contributed by atoms with Crippen molar-refractivity contribution in [3.8, 4) is 0 Å². The quantitative estimate of drug-likeness (QED) is 0.0410. The molecule has 0 saturated heterocycles. The van der Waals surface area contributed by atoms with Gasteiger partial charge in [0, 0.05) is 67.0 Å². The molecule has 15 heteroatoms. The second-order valence-electron chi connectivity index (χ2n) is 17.7. The average Bonchev–Trinajstić information content (AvgIpc) is 3.53. The lowest BCUT2D eigenvalue weighted by Crippen LogP contribution is -2.30. The van der Waals surface area contributed by atoms with E-state index in [0.717, 1.165) is 111 Å². The molecule has 2 aliphatic heterocycles. The number of carbonyl (C=O) groups is 2. The number of hydrogen-bond acceptors (Lipinski definition) is 8. The first kappa shape index (κ1) is 48.7. The van der Waals surface area contributed by atoms with Crippen LogP contribution in [-0.2, 0) is 40.6 Å². The van der Waals surface area contributed by atoms with E-state index in [0.29, 0.717) is 32.6 Å². The topological polar surface area (TPSA) is 182 Å². The van der Waals surface area contributed by atoms with Gasteiger partial charge in [0.2, 0.25) is 11.6 Å². The Morgan fingerprint density at radius 2 is 1.55 bits per heavy atom. The van der Waals surface area contributed by atoms with Gasteiger partial charge in [0.05, 0.1) is 16.1 Å². The van der Waals surface area contributed by atoms with E-state index in [9.17, 15) is 35.5 Å². The third-order valence-corrected chi connectivity index (χ3v) is 13.9. The Kier molecular flexibility index (Phi) is 17.2. The summed E-state index contributed by atoms with van der Waals surface area (Å²) in [7, 11) is -8.54. The van der Waals surface area contributed by atoms with E-state index in [4.69, 9.17) is 4.74 Å². The van der Waals surface area contributed by atoms with Gasteiger partial charge in [0.25, 0.3) is 20.2 Å². The molecule has 1 atom stereocenters. The highest BCUT2D eigenvalue weighted by molar-refractivity contribution is 7.86. The molecule has 1 unspecified atom stereocenters. The summed E-state index contributed by atoms with van der Waals surface area (Å²) >= 11 is 0. The lowest BCUT2D eigenvalue weighted by atomic mass is 9.81. The summed E-state index contributed by atoms with van der Waals surface area (Å²) in [5, 5.41) is 5.90. The van der Waals surface area contributed by atoms with Gasteiger partial charge in [-0.1, -0.05) is 69.5 Å². The molecule has 340 valence electrons. The molecular formula is C47H67N4O9S2+. The number of fused-ring (bicyclic) bond motifs is 2. The molecule has 2 aromatic rings. The molecule has 2 aromatic carbocycles. The minimum atomic E-state index is -4.43. The van der Waals surface area contributed by atoms with Crippen LogP contribution in [0.15, 0.2) is 83.4 Å². The number of allylic oxidation sites excluding steroid dienone is 6. The maximum atomic E-state index is 12.6. The number of para-hydroxylation sites is 1. The number of benzene rings is 2. The molecule has 1 aliphatic carbocycles. The number of amides is 2. The van der Waals surface area contributed by atoms with Crippen molar-refractivity contribution in [2.24, 2.45) is 0 Å². The van der Waals surface area contributed by atoms with Crippen LogP contribution >= 0.6 is 0 Å². The summed E-state index contributed by atoms with van der Waals surface area (Å²) in [6.07, 6.45) is 21.5. The summed E-state index contributed by atoms with van der Waals surface area (Å²) in [5.41, 5.74) is 4.63. The molecule has 4 N–H and O–H groups in total. The van der Waals surface area contributed by atoms with Crippen molar-refractivity contribution in [3.63, 3.8) is 0 Å². The van der Waals surface area contributed by atoms with Gasteiger partial charge in [0.1, 0.15) is 12.6 Å². The number of nitrogens with zero attached hydrogens (tertiary/aromatic N) is 2. The van der Waals surface area contributed by atoms with E-state index in [2.05, 4.69) is 52.2 Å².